The van der Waals surface area contributed by atoms with Crippen LogP contribution in [0.2, 0.25) is 10.0 Å². The first-order valence-corrected chi connectivity index (χ1v) is 8.72. The highest BCUT2D eigenvalue weighted by Gasteiger charge is 2.36. The lowest BCUT2D eigenvalue weighted by Gasteiger charge is -2.39. The van der Waals surface area contributed by atoms with Crippen molar-refractivity contribution >= 4 is 35.3 Å². The average molecular weight is 389 g/mol. The summed E-state index contributed by atoms with van der Waals surface area (Å²) in [7, 11) is 0. The minimum atomic E-state index is -1.00. The minimum Gasteiger partial charge on any atom is -0.480 e. The van der Waals surface area contributed by atoms with Gasteiger partial charge in [0.15, 0.2) is 0 Å². The highest BCUT2D eigenvalue weighted by molar-refractivity contribution is 6.35. The zero-order valence-electron chi connectivity index (χ0n) is 14.5. The van der Waals surface area contributed by atoms with Crippen molar-refractivity contribution in [1.82, 2.24) is 9.80 Å². The number of piperazine rings is 1. The highest BCUT2D eigenvalue weighted by atomic mass is 35.5. The molecular formula is C17H22Cl2N2O4. The van der Waals surface area contributed by atoms with E-state index in [0.717, 1.165) is 0 Å². The van der Waals surface area contributed by atoms with Crippen LogP contribution in [0.4, 0.5) is 4.79 Å². The Balaban J connectivity index is 2.12. The third kappa shape index (κ3) is 5.23. The Hall–Kier alpha value is -1.50. The number of halogens is 2. The van der Waals surface area contributed by atoms with Gasteiger partial charge in [0, 0.05) is 35.2 Å². The number of rotatable bonds is 3. The van der Waals surface area contributed by atoms with Crippen molar-refractivity contribution in [1.29, 1.82) is 0 Å². The zero-order valence-corrected chi connectivity index (χ0v) is 16.0. The monoisotopic (exact) mass is 388 g/mol. The quantitative estimate of drug-likeness (QED) is 0.857. The fraction of sp³-hybridized carbons (Fsp3) is 0.529. The first-order valence-electron chi connectivity index (χ1n) is 7.96. The topological polar surface area (TPSA) is 70.1 Å². The summed E-state index contributed by atoms with van der Waals surface area (Å²) >= 11 is 12.4. The van der Waals surface area contributed by atoms with E-state index in [-0.39, 0.29) is 6.54 Å². The van der Waals surface area contributed by atoms with Gasteiger partial charge in [0.2, 0.25) is 0 Å². The van der Waals surface area contributed by atoms with Gasteiger partial charge in [0.1, 0.15) is 11.6 Å². The van der Waals surface area contributed by atoms with E-state index in [1.165, 1.54) is 4.90 Å². The maximum Gasteiger partial charge on any atom is 0.410 e. The van der Waals surface area contributed by atoms with Gasteiger partial charge in [-0.05, 0) is 32.9 Å². The van der Waals surface area contributed by atoms with Crippen molar-refractivity contribution in [2.24, 2.45) is 0 Å². The molecule has 0 aliphatic carbocycles. The van der Waals surface area contributed by atoms with Gasteiger partial charge >= 0.3 is 12.1 Å². The summed E-state index contributed by atoms with van der Waals surface area (Å²) in [6, 6.07) is 4.32. The van der Waals surface area contributed by atoms with Gasteiger partial charge in [-0.3, -0.25) is 9.69 Å². The van der Waals surface area contributed by atoms with Gasteiger partial charge < -0.3 is 14.7 Å². The van der Waals surface area contributed by atoms with Crippen LogP contribution in [-0.4, -0.2) is 58.2 Å². The summed E-state index contributed by atoms with van der Waals surface area (Å²) in [4.78, 5) is 27.1. The Bertz CT molecular complexity index is 640. The molecule has 1 atom stereocenters. The number of aliphatic carboxylic acids is 1. The van der Waals surface area contributed by atoms with Gasteiger partial charge in [-0.1, -0.05) is 29.3 Å². The van der Waals surface area contributed by atoms with Crippen LogP contribution in [0.3, 0.4) is 0 Å². The van der Waals surface area contributed by atoms with E-state index in [9.17, 15) is 14.7 Å². The second-order valence-electron chi connectivity index (χ2n) is 6.95. The number of amides is 1. The summed E-state index contributed by atoms with van der Waals surface area (Å²) in [5.41, 5.74) is 0.0562. The zero-order chi connectivity index (χ0) is 18.8. The number of ether oxygens (including phenoxy) is 1. The van der Waals surface area contributed by atoms with E-state index in [1.54, 1.807) is 43.9 Å². The molecule has 0 aromatic heterocycles. The number of hydrogen-bond acceptors (Lipinski definition) is 4. The fourth-order valence-electron chi connectivity index (χ4n) is 2.62. The Morgan fingerprint density at radius 1 is 1.24 bits per heavy atom. The SMILES string of the molecule is CC(C)(C)OC(=O)N1CCN(Cc2c(Cl)cccc2Cl)[C@H](C(=O)O)C1. The van der Waals surface area contributed by atoms with E-state index in [0.29, 0.717) is 35.2 Å². The number of nitrogens with zero attached hydrogens (tertiary/aromatic N) is 2. The molecule has 0 unspecified atom stereocenters. The van der Waals surface area contributed by atoms with Crippen LogP contribution in [0.1, 0.15) is 26.3 Å². The predicted molar refractivity (Wildman–Crippen MR) is 96.1 cm³/mol. The van der Waals surface area contributed by atoms with Crippen LogP contribution >= 0.6 is 23.2 Å². The normalized spacial score (nSPS) is 18.9. The number of carboxylic acid groups (broad SMARTS) is 1. The summed E-state index contributed by atoms with van der Waals surface area (Å²) in [5.74, 6) is -1.00. The van der Waals surface area contributed by atoms with Gasteiger partial charge in [-0.2, -0.15) is 0 Å². The van der Waals surface area contributed by atoms with Crippen molar-refractivity contribution in [2.45, 2.75) is 39.0 Å². The van der Waals surface area contributed by atoms with Crippen LogP contribution in [0.25, 0.3) is 0 Å². The summed E-state index contributed by atoms with van der Waals surface area (Å²) in [5, 5.41) is 10.6. The van der Waals surface area contributed by atoms with Gasteiger partial charge in [0.25, 0.3) is 0 Å². The van der Waals surface area contributed by atoms with Gasteiger partial charge in [-0.25, -0.2) is 4.79 Å². The maximum atomic E-state index is 12.2. The number of carbonyl (C=O) groups is 2. The van der Waals surface area contributed by atoms with E-state index in [4.69, 9.17) is 27.9 Å². The summed E-state index contributed by atoms with van der Waals surface area (Å²) in [6.45, 7) is 6.43. The minimum absolute atomic E-state index is 0.0479. The average Bonchev–Trinajstić information content (AvgIpc) is 2.49. The van der Waals surface area contributed by atoms with Gasteiger partial charge in [-0.15, -0.1) is 0 Å². The molecule has 0 spiro atoms. The molecule has 138 valence electrons. The highest BCUT2D eigenvalue weighted by Crippen LogP contribution is 2.27. The van der Waals surface area contributed by atoms with E-state index < -0.39 is 23.7 Å². The van der Waals surface area contributed by atoms with Crippen molar-refractivity contribution < 1.29 is 19.4 Å². The fourth-order valence-corrected chi connectivity index (χ4v) is 3.14. The molecule has 1 aliphatic rings. The molecule has 0 saturated carbocycles. The van der Waals surface area contributed by atoms with Crippen LogP contribution < -0.4 is 0 Å². The summed E-state index contributed by atoms with van der Waals surface area (Å²) in [6.07, 6.45) is -0.505. The molecular weight excluding hydrogens is 367 g/mol. The number of hydrogen-bond donors (Lipinski definition) is 1. The van der Waals surface area contributed by atoms with Crippen molar-refractivity contribution in [3.63, 3.8) is 0 Å². The van der Waals surface area contributed by atoms with Crippen molar-refractivity contribution in [2.75, 3.05) is 19.6 Å². The molecule has 1 amide bonds. The smallest absolute Gasteiger partial charge is 0.410 e. The van der Waals surface area contributed by atoms with Crippen LogP contribution in [-0.2, 0) is 16.1 Å². The Morgan fingerprint density at radius 2 is 1.84 bits per heavy atom. The van der Waals surface area contributed by atoms with E-state index in [1.807, 2.05) is 0 Å². The third-order valence-electron chi connectivity index (χ3n) is 3.85. The molecule has 1 N–H and O–H groups in total. The molecule has 1 fully saturated rings. The predicted octanol–water partition coefficient (Wildman–Crippen LogP) is 3.50. The van der Waals surface area contributed by atoms with Crippen molar-refractivity contribution in [3.05, 3.63) is 33.8 Å². The molecule has 0 bridgehead atoms. The Kier molecular flexibility index (Phi) is 6.19. The lowest BCUT2D eigenvalue weighted by atomic mass is 10.1. The molecule has 6 nitrogen and oxygen atoms in total. The first kappa shape index (κ1) is 19.8. The third-order valence-corrected chi connectivity index (χ3v) is 4.56. The molecule has 0 radical (unpaired) electrons. The number of carboxylic acids is 1. The van der Waals surface area contributed by atoms with Gasteiger partial charge in [0.05, 0.1) is 6.54 Å². The van der Waals surface area contributed by atoms with Crippen LogP contribution in [0, 0.1) is 0 Å². The lowest BCUT2D eigenvalue weighted by molar-refractivity contribution is -0.145. The standard InChI is InChI=1S/C17H22Cl2N2O4/c1-17(2,3)25-16(24)21-8-7-20(14(10-21)15(22)23)9-11-12(18)5-4-6-13(11)19/h4-6,14H,7-10H2,1-3H3,(H,22,23)/t14-/m0/s1. The summed E-state index contributed by atoms with van der Waals surface area (Å²) < 4.78 is 5.33. The number of carbonyl (C=O) groups excluding carboxylic acids is 1. The molecule has 1 aromatic carbocycles. The molecule has 1 saturated heterocycles. The lowest BCUT2D eigenvalue weighted by Crippen LogP contribution is -2.57. The van der Waals surface area contributed by atoms with E-state index >= 15 is 0 Å². The first-order chi connectivity index (χ1) is 11.6. The second kappa shape index (κ2) is 7.81. The maximum absolute atomic E-state index is 12.2. The molecule has 8 heteroatoms. The number of benzene rings is 1. The van der Waals surface area contributed by atoms with Crippen molar-refractivity contribution in [3.8, 4) is 0 Å². The largest absolute Gasteiger partial charge is 0.480 e. The molecule has 1 heterocycles. The molecule has 2 rings (SSSR count). The molecule has 25 heavy (non-hydrogen) atoms. The van der Waals surface area contributed by atoms with Crippen LogP contribution in [0.5, 0.6) is 0 Å². The Morgan fingerprint density at radius 3 is 2.36 bits per heavy atom. The molecule has 1 aromatic rings. The molecule has 1 aliphatic heterocycles. The van der Waals surface area contributed by atoms with Crippen LogP contribution in [0.15, 0.2) is 18.2 Å². The second-order valence-corrected chi connectivity index (χ2v) is 7.77. The van der Waals surface area contributed by atoms with E-state index in [2.05, 4.69) is 0 Å². The Labute approximate surface area is 157 Å².